The Balaban J connectivity index is 2.02. The van der Waals surface area contributed by atoms with Crippen LogP contribution in [0.25, 0.3) is 11.5 Å². The van der Waals surface area contributed by atoms with Crippen LogP contribution >= 0.6 is 0 Å². The molecule has 0 saturated carbocycles. The van der Waals surface area contributed by atoms with Gasteiger partial charge in [0, 0.05) is 25.2 Å². The Bertz CT molecular complexity index is 722. The van der Waals surface area contributed by atoms with Crippen molar-refractivity contribution < 1.29 is 22.4 Å². The molecule has 0 spiro atoms. The number of likely N-dealkylation sites (N-methyl/N-ethyl adjacent to an activating group) is 1. The van der Waals surface area contributed by atoms with Crippen LogP contribution in [0.1, 0.15) is 27.4 Å². The Morgan fingerprint density at radius 2 is 2.14 bits per heavy atom. The summed E-state index contributed by atoms with van der Waals surface area (Å²) in [5.74, 6) is -1.33. The standard InChI is InChI=1S/C15H13F3N2O2/c1-20-5-4-11-9(7-20)2-3-12(19-11)13-6-10(8-21)14(22-13)15(16,17)18/h2-3,6,8H,4-5,7H2,1H3. The first-order chi connectivity index (χ1) is 10.4. The van der Waals surface area contributed by atoms with Crippen molar-refractivity contribution in [3.8, 4) is 11.5 Å². The number of furan rings is 1. The number of aldehydes is 1. The summed E-state index contributed by atoms with van der Waals surface area (Å²) in [6.07, 6.45) is -3.83. The number of carbonyl (C=O) groups excluding carboxylic acids is 1. The number of fused-ring (bicyclic) bond motifs is 1. The third-order valence-electron chi connectivity index (χ3n) is 3.64. The van der Waals surface area contributed by atoms with E-state index >= 15 is 0 Å². The van der Waals surface area contributed by atoms with Gasteiger partial charge in [0.2, 0.25) is 5.76 Å². The minimum Gasteiger partial charge on any atom is -0.449 e. The molecule has 0 bridgehead atoms. The molecule has 4 nitrogen and oxygen atoms in total. The Morgan fingerprint density at radius 1 is 1.36 bits per heavy atom. The fourth-order valence-corrected chi connectivity index (χ4v) is 2.53. The van der Waals surface area contributed by atoms with E-state index in [-0.39, 0.29) is 12.0 Å². The van der Waals surface area contributed by atoms with Gasteiger partial charge < -0.3 is 9.32 Å². The smallest absolute Gasteiger partial charge is 0.449 e. The Morgan fingerprint density at radius 3 is 2.77 bits per heavy atom. The van der Waals surface area contributed by atoms with Crippen molar-refractivity contribution in [1.29, 1.82) is 0 Å². The summed E-state index contributed by atoms with van der Waals surface area (Å²) in [6.45, 7) is 1.60. The molecule has 0 radical (unpaired) electrons. The van der Waals surface area contributed by atoms with Crippen molar-refractivity contribution in [2.75, 3.05) is 13.6 Å². The summed E-state index contributed by atoms with van der Waals surface area (Å²) in [7, 11) is 2.00. The summed E-state index contributed by atoms with van der Waals surface area (Å²) in [4.78, 5) is 17.3. The molecule has 0 unspecified atom stereocenters. The van der Waals surface area contributed by atoms with Gasteiger partial charge in [-0.2, -0.15) is 13.2 Å². The second-order valence-corrected chi connectivity index (χ2v) is 5.30. The molecular formula is C15H13F3N2O2. The third kappa shape index (κ3) is 2.64. The maximum Gasteiger partial charge on any atom is 0.450 e. The molecule has 1 aliphatic rings. The molecule has 2 aromatic heterocycles. The lowest BCUT2D eigenvalue weighted by Gasteiger charge is -2.24. The first-order valence-corrected chi connectivity index (χ1v) is 6.72. The van der Waals surface area contributed by atoms with Gasteiger partial charge in [0.25, 0.3) is 0 Å². The predicted octanol–water partition coefficient (Wildman–Crippen LogP) is 3.16. The second-order valence-electron chi connectivity index (χ2n) is 5.30. The van der Waals surface area contributed by atoms with Crippen LogP contribution in [-0.4, -0.2) is 29.8 Å². The predicted molar refractivity (Wildman–Crippen MR) is 72.4 cm³/mol. The molecule has 3 rings (SSSR count). The number of pyridine rings is 1. The van der Waals surface area contributed by atoms with Crippen molar-refractivity contribution >= 4 is 6.29 Å². The fraction of sp³-hybridized carbons (Fsp3) is 0.333. The van der Waals surface area contributed by atoms with E-state index in [1.54, 1.807) is 6.07 Å². The van der Waals surface area contributed by atoms with Crippen molar-refractivity contribution in [1.82, 2.24) is 9.88 Å². The Kier molecular flexibility index (Phi) is 3.52. The van der Waals surface area contributed by atoms with Crippen LogP contribution in [0.4, 0.5) is 13.2 Å². The Hall–Kier alpha value is -2.15. The van der Waals surface area contributed by atoms with Crippen LogP contribution in [0.5, 0.6) is 0 Å². The molecule has 0 amide bonds. The molecule has 2 aromatic rings. The number of rotatable bonds is 2. The first-order valence-electron chi connectivity index (χ1n) is 6.72. The minimum atomic E-state index is -4.70. The first kappa shape index (κ1) is 14.8. The van der Waals surface area contributed by atoms with Crippen molar-refractivity contribution in [2.24, 2.45) is 0 Å². The lowest BCUT2D eigenvalue weighted by Crippen LogP contribution is -2.27. The van der Waals surface area contributed by atoms with Crippen LogP contribution in [0, 0.1) is 0 Å². The van der Waals surface area contributed by atoms with E-state index < -0.39 is 17.5 Å². The van der Waals surface area contributed by atoms with Crippen molar-refractivity contribution in [2.45, 2.75) is 19.1 Å². The van der Waals surface area contributed by atoms with Gasteiger partial charge in [0.15, 0.2) is 12.0 Å². The summed E-state index contributed by atoms with van der Waals surface area (Å²) in [5.41, 5.74) is 1.70. The number of halogens is 3. The van der Waals surface area contributed by atoms with Gasteiger partial charge in [0.05, 0.1) is 5.56 Å². The molecule has 0 fully saturated rings. The topological polar surface area (TPSA) is 46.3 Å². The summed E-state index contributed by atoms with van der Waals surface area (Å²) >= 11 is 0. The highest BCUT2D eigenvalue weighted by Gasteiger charge is 2.38. The van der Waals surface area contributed by atoms with Crippen LogP contribution < -0.4 is 0 Å². The van der Waals surface area contributed by atoms with E-state index in [2.05, 4.69) is 9.88 Å². The number of nitrogens with zero attached hydrogens (tertiary/aromatic N) is 2. The lowest BCUT2D eigenvalue weighted by atomic mass is 10.1. The van der Waals surface area contributed by atoms with Gasteiger partial charge in [-0.05, 0) is 24.7 Å². The lowest BCUT2D eigenvalue weighted by molar-refractivity contribution is -0.152. The number of alkyl halides is 3. The number of carbonyl (C=O) groups is 1. The molecule has 0 aromatic carbocycles. The average molecular weight is 310 g/mol. The van der Waals surface area contributed by atoms with E-state index in [4.69, 9.17) is 4.42 Å². The molecular weight excluding hydrogens is 297 g/mol. The van der Waals surface area contributed by atoms with E-state index in [9.17, 15) is 18.0 Å². The van der Waals surface area contributed by atoms with Gasteiger partial charge in [-0.1, -0.05) is 6.07 Å². The molecule has 22 heavy (non-hydrogen) atoms. The molecule has 116 valence electrons. The number of hydrogen-bond acceptors (Lipinski definition) is 4. The van der Waals surface area contributed by atoms with Crippen molar-refractivity contribution in [3.63, 3.8) is 0 Å². The monoisotopic (exact) mass is 310 g/mol. The second kappa shape index (κ2) is 5.24. The maximum atomic E-state index is 12.8. The number of aromatic nitrogens is 1. The van der Waals surface area contributed by atoms with Crippen molar-refractivity contribution in [3.05, 3.63) is 40.8 Å². The average Bonchev–Trinajstić information content (AvgIpc) is 2.91. The Labute approximate surface area is 124 Å². The van der Waals surface area contributed by atoms with E-state index in [1.807, 2.05) is 13.1 Å². The fourth-order valence-electron chi connectivity index (χ4n) is 2.53. The van der Waals surface area contributed by atoms with Crippen LogP contribution in [0.2, 0.25) is 0 Å². The molecule has 7 heteroatoms. The third-order valence-corrected chi connectivity index (χ3v) is 3.64. The van der Waals surface area contributed by atoms with Crippen LogP contribution in [0.3, 0.4) is 0 Å². The largest absolute Gasteiger partial charge is 0.450 e. The summed E-state index contributed by atoms with van der Waals surface area (Å²) in [5, 5.41) is 0. The van der Waals surface area contributed by atoms with E-state index in [0.717, 1.165) is 36.8 Å². The van der Waals surface area contributed by atoms with Gasteiger partial charge in [-0.3, -0.25) is 4.79 Å². The molecule has 3 heterocycles. The van der Waals surface area contributed by atoms with Gasteiger partial charge in [-0.15, -0.1) is 0 Å². The minimum absolute atomic E-state index is 0.0452. The number of hydrogen-bond donors (Lipinski definition) is 0. The zero-order chi connectivity index (χ0) is 15.9. The van der Waals surface area contributed by atoms with Gasteiger partial charge in [0.1, 0.15) is 5.69 Å². The van der Waals surface area contributed by atoms with E-state index in [1.165, 1.54) is 0 Å². The van der Waals surface area contributed by atoms with Crippen LogP contribution in [-0.2, 0) is 19.1 Å². The molecule has 0 saturated heterocycles. The molecule has 0 N–H and O–H groups in total. The van der Waals surface area contributed by atoms with Gasteiger partial charge in [-0.25, -0.2) is 4.98 Å². The maximum absolute atomic E-state index is 12.8. The zero-order valence-corrected chi connectivity index (χ0v) is 11.8. The molecule has 0 aliphatic carbocycles. The molecule has 1 aliphatic heterocycles. The highest BCUT2D eigenvalue weighted by Crippen LogP contribution is 2.36. The quantitative estimate of drug-likeness (QED) is 0.799. The normalized spacial score (nSPS) is 15.6. The highest BCUT2D eigenvalue weighted by molar-refractivity contribution is 5.79. The van der Waals surface area contributed by atoms with Crippen LogP contribution in [0.15, 0.2) is 22.6 Å². The summed E-state index contributed by atoms with van der Waals surface area (Å²) < 4.78 is 43.2. The summed E-state index contributed by atoms with van der Waals surface area (Å²) in [6, 6.07) is 4.54. The SMILES string of the molecule is CN1CCc2nc(-c3cc(C=O)c(C(F)(F)F)o3)ccc2C1. The van der Waals surface area contributed by atoms with E-state index in [0.29, 0.717) is 5.69 Å². The van der Waals surface area contributed by atoms with Gasteiger partial charge >= 0.3 is 6.18 Å². The highest BCUT2D eigenvalue weighted by atomic mass is 19.4. The molecule has 0 atom stereocenters. The zero-order valence-electron chi connectivity index (χ0n) is 11.8.